The van der Waals surface area contributed by atoms with E-state index in [0.717, 1.165) is 18.3 Å². The molecule has 0 atom stereocenters. The molecule has 0 aliphatic heterocycles. The Kier molecular flexibility index (Phi) is 4.04. The van der Waals surface area contributed by atoms with Gasteiger partial charge >= 0.3 is 0 Å². The molecule has 1 aromatic carbocycles. The van der Waals surface area contributed by atoms with Gasteiger partial charge in [0.1, 0.15) is 6.29 Å². The molecule has 0 radical (unpaired) electrons. The number of aryl methyl sites for hydroxylation is 1. The van der Waals surface area contributed by atoms with Gasteiger partial charge in [-0.1, -0.05) is 24.3 Å². The molecule has 1 aromatic rings. The maximum absolute atomic E-state index is 10.2. The quantitative estimate of drug-likeness (QED) is 0.749. The van der Waals surface area contributed by atoms with Gasteiger partial charge in [0.25, 0.3) is 0 Å². The van der Waals surface area contributed by atoms with Crippen LogP contribution in [0.25, 0.3) is 0 Å². The van der Waals surface area contributed by atoms with Crippen molar-refractivity contribution in [2.45, 2.75) is 38.7 Å². The van der Waals surface area contributed by atoms with E-state index in [2.05, 4.69) is 0 Å². The second-order valence-corrected chi connectivity index (χ2v) is 4.51. The van der Waals surface area contributed by atoms with E-state index in [4.69, 9.17) is 0 Å². The highest BCUT2D eigenvalue weighted by Crippen LogP contribution is 2.13. The first kappa shape index (κ1) is 11.9. The molecular weight excluding hydrogens is 188 g/mol. The van der Waals surface area contributed by atoms with E-state index in [-0.39, 0.29) is 0 Å². The summed E-state index contributed by atoms with van der Waals surface area (Å²) >= 11 is 0. The fraction of sp³-hybridized carbons (Fsp3) is 0.462. The molecular formula is C13H18O2. The van der Waals surface area contributed by atoms with Crippen molar-refractivity contribution >= 4 is 6.29 Å². The minimum absolute atomic E-state index is 0.574. The standard InChI is InChI=1S/C13H18O2/c1-13(2,15)10-12-7-5-11(6-8-12)4-3-9-14/h5-9,15H,3-4,10H2,1-2H3. The fourth-order valence-electron chi connectivity index (χ4n) is 1.55. The Morgan fingerprint density at radius 2 is 1.73 bits per heavy atom. The highest BCUT2D eigenvalue weighted by Gasteiger charge is 2.12. The first-order valence-electron chi connectivity index (χ1n) is 5.25. The normalized spacial score (nSPS) is 11.4. The lowest BCUT2D eigenvalue weighted by molar-refractivity contribution is -0.107. The van der Waals surface area contributed by atoms with Crippen molar-refractivity contribution in [1.82, 2.24) is 0 Å². The molecule has 0 aromatic heterocycles. The molecule has 0 fully saturated rings. The Hall–Kier alpha value is -1.15. The third-order valence-corrected chi connectivity index (χ3v) is 2.21. The number of aliphatic hydroxyl groups is 1. The number of rotatable bonds is 5. The van der Waals surface area contributed by atoms with Crippen molar-refractivity contribution in [1.29, 1.82) is 0 Å². The number of hydrogen-bond donors (Lipinski definition) is 1. The summed E-state index contributed by atoms with van der Waals surface area (Å²) in [6.07, 6.45) is 2.96. The number of hydrogen-bond acceptors (Lipinski definition) is 2. The minimum Gasteiger partial charge on any atom is -0.390 e. The van der Waals surface area contributed by atoms with Crippen molar-refractivity contribution in [3.8, 4) is 0 Å². The van der Waals surface area contributed by atoms with Crippen molar-refractivity contribution in [3.63, 3.8) is 0 Å². The zero-order chi connectivity index (χ0) is 11.3. The van der Waals surface area contributed by atoms with Gasteiger partial charge in [-0.15, -0.1) is 0 Å². The average molecular weight is 206 g/mol. The van der Waals surface area contributed by atoms with E-state index in [9.17, 15) is 9.90 Å². The molecule has 0 unspecified atom stereocenters. The Morgan fingerprint density at radius 3 is 2.20 bits per heavy atom. The van der Waals surface area contributed by atoms with Crippen LogP contribution in [0.4, 0.5) is 0 Å². The van der Waals surface area contributed by atoms with Crippen molar-refractivity contribution in [2.24, 2.45) is 0 Å². The summed E-state index contributed by atoms with van der Waals surface area (Å²) in [6, 6.07) is 8.06. The number of carbonyl (C=O) groups excluding carboxylic acids is 1. The zero-order valence-corrected chi connectivity index (χ0v) is 9.36. The fourth-order valence-corrected chi connectivity index (χ4v) is 1.55. The van der Waals surface area contributed by atoms with Crippen LogP contribution in [0.5, 0.6) is 0 Å². The number of carbonyl (C=O) groups is 1. The highest BCUT2D eigenvalue weighted by molar-refractivity contribution is 5.50. The van der Waals surface area contributed by atoms with E-state index in [1.807, 2.05) is 24.3 Å². The second kappa shape index (κ2) is 5.08. The Labute approximate surface area is 90.9 Å². The minimum atomic E-state index is -0.662. The van der Waals surface area contributed by atoms with Gasteiger partial charge in [0.2, 0.25) is 0 Å². The van der Waals surface area contributed by atoms with Crippen LogP contribution in [0, 0.1) is 0 Å². The summed E-state index contributed by atoms with van der Waals surface area (Å²) in [4.78, 5) is 10.2. The monoisotopic (exact) mass is 206 g/mol. The van der Waals surface area contributed by atoms with E-state index >= 15 is 0 Å². The van der Waals surface area contributed by atoms with Crippen molar-refractivity contribution in [2.75, 3.05) is 0 Å². The Balaban J connectivity index is 2.60. The third kappa shape index (κ3) is 4.75. The summed E-state index contributed by atoms with van der Waals surface area (Å²) in [5, 5.41) is 9.64. The first-order valence-corrected chi connectivity index (χ1v) is 5.25. The van der Waals surface area contributed by atoms with E-state index in [1.165, 1.54) is 5.56 Å². The molecule has 0 bridgehead atoms. The second-order valence-electron chi connectivity index (χ2n) is 4.51. The third-order valence-electron chi connectivity index (χ3n) is 2.21. The van der Waals surface area contributed by atoms with Gasteiger partial charge < -0.3 is 9.90 Å². The lowest BCUT2D eigenvalue weighted by Crippen LogP contribution is -2.21. The Morgan fingerprint density at radius 1 is 1.20 bits per heavy atom. The Bertz CT molecular complexity index is 306. The number of aldehydes is 1. The molecule has 0 saturated carbocycles. The molecule has 15 heavy (non-hydrogen) atoms. The van der Waals surface area contributed by atoms with Gasteiger partial charge in [0.15, 0.2) is 0 Å². The predicted octanol–water partition coefficient (Wildman–Crippen LogP) is 2.13. The van der Waals surface area contributed by atoms with Crippen LogP contribution in [-0.4, -0.2) is 17.0 Å². The molecule has 1 rings (SSSR count). The summed E-state index contributed by atoms with van der Waals surface area (Å²) in [6.45, 7) is 3.60. The summed E-state index contributed by atoms with van der Waals surface area (Å²) < 4.78 is 0. The molecule has 0 saturated heterocycles. The molecule has 0 aliphatic rings. The van der Waals surface area contributed by atoms with Crippen LogP contribution in [0.3, 0.4) is 0 Å². The van der Waals surface area contributed by atoms with Gasteiger partial charge in [0, 0.05) is 12.8 Å². The molecule has 1 N–H and O–H groups in total. The smallest absolute Gasteiger partial charge is 0.120 e. The summed E-state index contributed by atoms with van der Waals surface area (Å²) in [5.74, 6) is 0. The van der Waals surface area contributed by atoms with Gasteiger partial charge in [0.05, 0.1) is 5.60 Å². The van der Waals surface area contributed by atoms with E-state index < -0.39 is 5.60 Å². The maximum atomic E-state index is 10.2. The molecule has 0 heterocycles. The maximum Gasteiger partial charge on any atom is 0.120 e. The largest absolute Gasteiger partial charge is 0.390 e. The summed E-state index contributed by atoms with van der Waals surface area (Å²) in [5.41, 5.74) is 1.63. The van der Waals surface area contributed by atoms with Gasteiger partial charge in [-0.2, -0.15) is 0 Å². The van der Waals surface area contributed by atoms with Crippen LogP contribution in [0.2, 0.25) is 0 Å². The summed E-state index contributed by atoms with van der Waals surface area (Å²) in [7, 11) is 0. The molecule has 2 nitrogen and oxygen atoms in total. The lowest BCUT2D eigenvalue weighted by atomic mass is 9.97. The van der Waals surface area contributed by atoms with Crippen molar-refractivity contribution < 1.29 is 9.90 Å². The van der Waals surface area contributed by atoms with E-state index in [1.54, 1.807) is 13.8 Å². The zero-order valence-electron chi connectivity index (χ0n) is 9.36. The topological polar surface area (TPSA) is 37.3 Å². The van der Waals surface area contributed by atoms with Gasteiger partial charge in [-0.05, 0) is 31.4 Å². The van der Waals surface area contributed by atoms with Gasteiger partial charge in [-0.3, -0.25) is 0 Å². The highest BCUT2D eigenvalue weighted by atomic mass is 16.3. The van der Waals surface area contributed by atoms with Gasteiger partial charge in [-0.25, -0.2) is 0 Å². The lowest BCUT2D eigenvalue weighted by Gasteiger charge is -2.16. The molecule has 82 valence electrons. The average Bonchev–Trinajstić information content (AvgIpc) is 2.14. The molecule has 0 amide bonds. The predicted molar refractivity (Wildman–Crippen MR) is 60.8 cm³/mol. The van der Waals surface area contributed by atoms with Crippen LogP contribution < -0.4 is 0 Å². The van der Waals surface area contributed by atoms with Crippen molar-refractivity contribution in [3.05, 3.63) is 35.4 Å². The molecule has 0 aliphatic carbocycles. The van der Waals surface area contributed by atoms with E-state index in [0.29, 0.717) is 12.8 Å². The first-order chi connectivity index (χ1) is 7.01. The van der Waals surface area contributed by atoms with Crippen LogP contribution in [0.15, 0.2) is 24.3 Å². The molecule has 2 heteroatoms. The van der Waals surface area contributed by atoms with Crippen LogP contribution in [-0.2, 0) is 17.6 Å². The van der Waals surface area contributed by atoms with Crippen LogP contribution >= 0.6 is 0 Å². The SMILES string of the molecule is CC(C)(O)Cc1ccc(CCC=O)cc1. The molecule has 0 spiro atoms. The number of benzene rings is 1. The van der Waals surface area contributed by atoms with Crippen LogP contribution in [0.1, 0.15) is 31.4 Å².